The zero-order valence-corrected chi connectivity index (χ0v) is 14.4. The normalized spacial score (nSPS) is 11.7. The second kappa shape index (κ2) is 7.64. The van der Waals surface area contributed by atoms with Crippen LogP contribution in [0.1, 0.15) is 22.0 Å². The summed E-state index contributed by atoms with van der Waals surface area (Å²) in [7, 11) is 3.09. The highest BCUT2D eigenvalue weighted by molar-refractivity contribution is 6.36. The molecular formula is C17H14Cl2FNO3. The van der Waals surface area contributed by atoms with Gasteiger partial charge in [0, 0.05) is 19.7 Å². The summed E-state index contributed by atoms with van der Waals surface area (Å²) in [5.74, 6) is -2.15. The number of hydrogen-bond donors (Lipinski definition) is 0. The zero-order valence-electron chi connectivity index (χ0n) is 12.9. The van der Waals surface area contributed by atoms with Crippen LogP contribution in [0, 0.1) is 5.82 Å². The molecule has 0 aliphatic carbocycles. The van der Waals surface area contributed by atoms with Crippen LogP contribution in [0.2, 0.25) is 10.0 Å². The SMILES string of the molecule is CN(C)C(=O)[C@H](OC(=O)c1cc(F)c(Cl)cc1Cl)c1ccccc1. The van der Waals surface area contributed by atoms with Crippen LogP contribution in [0.3, 0.4) is 0 Å². The van der Waals surface area contributed by atoms with E-state index in [1.807, 2.05) is 0 Å². The van der Waals surface area contributed by atoms with Gasteiger partial charge in [0.2, 0.25) is 6.10 Å². The minimum atomic E-state index is -1.16. The van der Waals surface area contributed by atoms with E-state index < -0.39 is 23.8 Å². The van der Waals surface area contributed by atoms with E-state index in [4.69, 9.17) is 27.9 Å². The Morgan fingerprint density at radius 3 is 2.29 bits per heavy atom. The number of benzene rings is 2. The Labute approximate surface area is 148 Å². The molecule has 126 valence electrons. The van der Waals surface area contributed by atoms with Gasteiger partial charge in [0.05, 0.1) is 15.6 Å². The average molecular weight is 370 g/mol. The summed E-state index contributed by atoms with van der Waals surface area (Å²) >= 11 is 11.5. The topological polar surface area (TPSA) is 46.6 Å². The molecule has 2 aromatic carbocycles. The average Bonchev–Trinajstić information content (AvgIpc) is 2.55. The highest BCUT2D eigenvalue weighted by atomic mass is 35.5. The van der Waals surface area contributed by atoms with Crippen molar-refractivity contribution in [2.45, 2.75) is 6.10 Å². The van der Waals surface area contributed by atoms with Crippen molar-refractivity contribution in [1.82, 2.24) is 4.90 Å². The molecule has 0 aromatic heterocycles. The van der Waals surface area contributed by atoms with Crippen molar-refractivity contribution < 1.29 is 18.7 Å². The highest BCUT2D eigenvalue weighted by Gasteiger charge is 2.28. The van der Waals surface area contributed by atoms with Gasteiger partial charge in [-0.1, -0.05) is 53.5 Å². The molecule has 1 amide bonds. The van der Waals surface area contributed by atoms with Crippen LogP contribution in [0.5, 0.6) is 0 Å². The number of likely N-dealkylation sites (N-methyl/N-ethyl adjacent to an activating group) is 1. The summed E-state index contributed by atoms with van der Waals surface area (Å²) in [5.41, 5.74) is 0.293. The van der Waals surface area contributed by atoms with Gasteiger partial charge in [-0.2, -0.15) is 0 Å². The predicted octanol–water partition coefficient (Wildman–Crippen LogP) is 4.12. The van der Waals surface area contributed by atoms with Crippen LogP contribution >= 0.6 is 23.2 Å². The molecule has 7 heteroatoms. The van der Waals surface area contributed by atoms with Crippen molar-refractivity contribution >= 4 is 35.1 Å². The molecule has 0 unspecified atom stereocenters. The van der Waals surface area contributed by atoms with E-state index in [1.54, 1.807) is 44.4 Å². The Hall–Kier alpha value is -2.11. The summed E-state index contributed by atoms with van der Waals surface area (Å²) in [4.78, 5) is 26.0. The smallest absolute Gasteiger partial charge is 0.340 e. The Bertz CT molecular complexity index is 766. The molecule has 1 atom stereocenters. The lowest BCUT2D eigenvalue weighted by atomic mass is 10.1. The van der Waals surface area contributed by atoms with Crippen LogP contribution in [0.4, 0.5) is 4.39 Å². The largest absolute Gasteiger partial charge is 0.444 e. The molecule has 0 aliphatic heterocycles. The summed E-state index contributed by atoms with van der Waals surface area (Å²) in [6, 6.07) is 10.5. The molecule has 0 fully saturated rings. The van der Waals surface area contributed by atoms with E-state index in [0.717, 1.165) is 12.1 Å². The number of amides is 1. The number of carbonyl (C=O) groups excluding carboxylic acids is 2. The van der Waals surface area contributed by atoms with Crippen LogP contribution in [-0.4, -0.2) is 30.9 Å². The van der Waals surface area contributed by atoms with E-state index in [1.165, 1.54) is 4.90 Å². The first-order chi connectivity index (χ1) is 11.3. The third-order valence-corrected chi connectivity index (χ3v) is 3.82. The second-order valence-electron chi connectivity index (χ2n) is 5.17. The number of carbonyl (C=O) groups is 2. The summed E-state index contributed by atoms with van der Waals surface area (Å²) in [6.07, 6.45) is -1.16. The first-order valence-electron chi connectivity index (χ1n) is 6.93. The predicted molar refractivity (Wildman–Crippen MR) is 89.7 cm³/mol. The number of ether oxygens (including phenoxy) is 1. The van der Waals surface area contributed by atoms with Gasteiger partial charge >= 0.3 is 5.97 Å². The molecule has 0 spiro atoms. The summed E-state index contributed by atoms with van der Waals surface area (Å²) in [5, 5.41) is -0.268. The van der Waals surface area contributed by atoms with Crippen molar-refractivity contribution in [1.29, 1.82) is 0 Å². The van der Waals surface area contributed by atoms with Gasteiger partial charge in [0.25, 0.3) is 5.91 Å². The summed E-state index contributed by atoms with van der Waals surface area (Å²) < 4.78 is 18.9. The number of rotatable bonds is 4. The Balaban J connectivity index is 2.35. The van der Waals surface area contributed by atoms with Gasteiger partial charge in [-0.15, -0.1) is 0 Å². The Kier molecular flexibility index (Phi) is 5.80. The molecule has 0 heterocycles. The van der Waals surface area contributed by atoms with E-state index in [2.05, 4.69) is 0 Å². The van der Waals surface area contributed by atoms with E-state index in [0.29, 0.717) is 5.56 Å². The maximum atomic E-state index is 13.6. The van der Waals surface area contributed by atoms with Gasteiger partial charge in [-0.05, 0) is 12.1 Å². The standard InChI is InChI=1S/C17H14Cl2FNO3/c1-21(2)16(22)15(10-6-4-3-5-7-10)24-17(23)11-8-14(20)13(19)9-12(11)18/h3-9,15H,1-2H3/t15-/m1/s1. The van der Waals surface area contributed by atoms with Gasteiger partial charge < -0.3 is 9.64 Å². The van der Waals surface area contributed by atoms with Crippen molar-refractivity contribution in [2.75, 3.05) is 14.1 Å². The number of esters is 1. The molecule has 0 saturated carbocycles. The van der Waals surface area contributed by atoms with Crippen LogP contribution in [-0.2, 0) is 9.53 Å². The van der Waals surface area contributed by atoms with Crippen LogP contribution in [0.15, 0.2) is 42.5 Å². The van der Waals surface area contributed by atoms with Crippen molar-refractivity contribution in [3.8, 4) is 0 Å². The first kappa shape index (κ1) is 18.2. The molecule has 0 N–H and O–H groups in total. The van der Waals surface area contributed by atoms with Crippen molar-refractivity contribution in [2.24, 2.45) is 0 Å². The Morgan fingerprint density at radius 2 is 1.71 bits per heavy atom. The van der Waals surface area contributed by atoms with E-state index in [9.17, 15) is 14.0 Å². The zero-order chi connectivity index (χ0) is 17.9. The van der Waals surface area contributed by atoms with Crippen LogP contribution < -0.4 is 0 Å². The lowest BCUT2D eigenvalue weighted by Crippen LogP contribution is -2.31. The molecule has 2 rings (SSSR count). The van der Waals surface area contributed by atoms with E-state index in [-0.39, 0.29) is 15.6 Å². The molecule has 0 radical (unpaired) electrons. The monoisotopic (exact) mass is 369 g/mol. The van der Waals surface area contributed by atoms with E-state index >= 15 is 0 Å². The quantitative estimate of drug-likeness (QED) is 0.601. The molecule has 4 nitrogen and oxygen atoms in total. The van der Waals surface area contributed by atoms with Crippen molar-refractivity contribution in [3.05, 3.63) is 69.5 Å². The lowest BCUT2D eigenvalue weighted by Gasteiger charge is -2.21. The molecule has 0 aliphatic rings. The third kappa shape index (κ3) is 4.04. The van der Waals surface area contributed by atoms with Crippen molar-refractivity contribution in [3.63, 3.8) is 0 Å². The van der Waals surface area contributed by atoms with Gasteiger partial charge in [0.15, 0.2) is 0 Å². The first-order valence-corrected chi connectivity index (χ1v) is 7.68. The number of halogens is 3. The fraction of sp³-hybridized carbons (Fsp3) is 0.176. The maximum Gasteiger partial charge on any atom is 0.340 e. The fourth-order valence-corrected chi connectivity index (χ4v) is 2.43. The maximum absolute atomic E-state index is 13.6. The third-order valence-electron chi connectivity index (χ3n) is 3.22. The Morgan fingerprint density at radius 1 is 1.08 bits per heavy atom. The van der Waals surface area contributed by atoms with Gasteiger partial charge in [-0.25, -0.2) is 9.18 Å². The molecular weight excluding hydrogens is 356 g/mol. The van der Waals surface area contributed by atoms with Gasteiger partial charge in [-0.3, -0.25) is 4.79 Å². The lowest BCUT2D eigenvalue weighted by molar-refractivity contribution is -0.138. The molecule has 2 aromatic rings. The minimum Gasteiger partial charge on any atom is -0.444 e. The summed E-state index contributed by atoms with van der Waals surface area (Å²) in [6.45, 7) is 0. The molecule has 0 bridgehead atoms. The van der Waals surface area contributed by atoms with Crippen LogP contribution in [0.25, 0.3) is 0 Å². The number of hydrogen-bond acceptors (Lipinski definition) is 3. The second-order valence-corrected chi connectivity index (χ2v) is 5.99. The fourth-order valence-electron chi connectivity index (χ4n) is 1.97. The molecule has 24 heavy (non-hydrogen) atoms. The number of nitrogens with zero attached hydrogens (tertiary/aromatic N) is 1. The highest BCUT2D eigenvalue weighted by Crippen LogP contribution is 2.27. The minimum absolute atomic E-state index is 0.0597. The van der Waals surface area contributed by atoms with Gasteiger partial charge in [0.1, 0.15) is 5.82 Å². The molecule has 0 saturated heterocycles.